The molecule has 26 heavy (non-hydrogen) atoms. The highest BCUT2D eigenvalue weighted by Gasteiger charge is 2.17. The molecule has 1 fully saturated rings. The third-order valence-electron chi connectivity index (χ3n) is 4.89. The van der Waals surface area contributed by atoms with Crippen LogP contribution in [0.15, 0.2) is 47.0 Å². The summed E-state index contributed by atoms with van der Waals surface area (Å²) in [6.45, 7) is 2.52. The van der Waals surface area contributed by atoms with Crippen LogP contribution in [0.4, 0.5) is 5.69 Å². The average Bonchev–Trinajstić information content (AvgIpc) is 3.38. The Bertz CT molecular complexity index is 914. The van der Waals surface area contributed by atoms with Crippen molar-refractivity contribution in [1.29, 1.82) is 0 Å². The molecule has 6 nitrogen and oxygen atoms in total. The molecule has 5 rings (SSSR count). The number of ether oxygens (including phenoxy) is 2. The van der Waals surface area contributed by atoms with E-state index in [1.54, 1.807) is 0 Å². The van der Waals surface area contributed by atoms with Gasteiger partial charge < -0.3 is 18.9 Å². The number of rotatable bonds is 3. The molecule has 0 unspecified atom stereocenters. The van der Waals surface area contributed by atoms with Gasteiger partial charge in [-0.05, 0) is 61.7 Å². The Labute approximate surface area is 151 Å². The van der Waals surface area contributed by atoms with Crippen LogP contribution >= 0.6 is 0 Å². The van der Waals surface area contributed by atoms with Gasteiger partial charge in [-0.1, -0.05) is 5.16 Å². The molecule has 1 saturated heterocycles. The smallest absolute Gasteiger partial charge is 0.258 e. The van der Waals surface area contributed by atoms with E-state index >= 15 is 0 Å². The normalized spacial score (nSPS) is 16.1. The number of anilines is 1. The van der Waals surface area contributed by atoms with Gasteiger partial charge >= 0.3 is 0 Å². The molecule has 132 valence electrons. The maximum Gasteiger partial charge on any atom is 0.258 e. The molecular formula is C20H19N3O3. The topological polar surface area (TPSA) is 60.6 Å². The van der Waals surface area contributed by atoms with Gasteiger partial charge in [0, 0.05) is 29.9 Å². The Kier molecular flexibility index (Phi) is 3.74. The predicted molar refractivity (Wildman–Crippen MR) is 97.4 cm³/mol. The molecular weight excluding hydrogens is 330 g/mol. The quantitative estimate of drug-likeness (QED) is 0.709. The second-order valence-electron chi connectivity index (χ2n) is 6.59. The van der Waals surface area contributed by atoms with Crippen LogP contribution < -0.4 is 14.4 Å². The van der Waals surface area contributed by atoms with E-state index in [0.29, 0.717) is 17.5 Å². The Hall–Kier alpha value is -3.02. The lowest BCUT2D eigenvalue weighted by Crippen LogP contribution is -2.29. The highest BCUT2D eigenvalue weighted by Crippen LogP contribution is 2.36. The molecule has 6 heteroatoms. The molecule has 0 amide bonds. The van der Waals surface area contributed by atoms with Gasteiger partial charge in [0.1, 0.15) is 0 Å². The molecule has 0 saturated carbocycles. The first-order valence-corrected chi connectivity index (χ1v) is 8.96. The van der Waals surface area contributed by atoms with E-state index in [1.165, 1.54) is 24.9 Å². The van der Waals surface area contributed by atoms with Crippen molar-refractivity contribution in [3.05, 3.63) is 42.5 Å². The molecule has 3 heterocycles. The van der Waals surface area contributed by atoms with Gasteiger partial charge in [-0.25, -0.2) is 0 Å². The molecule has 0 aliphatic carbocycles. The largest absolute Gasteiger partial charge is 0.454 e. The van der Waals surface area contributed by atoms with Crippen molar-refractivity contribution in [1.82, 2.24) is 10.1 Å². The zero-order valence-electron chi connectivity index (χ0n) is 14.4. The Morgan fingerprint density at radius 3 is 2.42 bits per heavy atom. The minimum atomic E-state index is 0.247. The molecule has 0 N–H and O–H groups in total. The van der Waals surface area contributed by atoms with E-state index in [9.17, 15) is 0 Å². The first-order valence-electron chi connectivity index (χ1n) is 8.96. The summed E-state index contributed by atoms with van der Waals surface area (Å²) in [5.74, 6) is 2.50. The van der Waals surface area contributed by atoms with Gasteiger partial charge in [0.05, 0.1) is 0 Å². The van der Waals surface area contributed by atoms with Crippen LogP contribution in [0.2, 0.25) is 0 Å². The predicted octanol–water partition coefficient (Wildman–Crippen LogP) is 4.12. The van der Waals surface area contributed by atoms with Crippen molar-refractivity contribution in [2.24, 2.45) is 0 Å². The van der Waals surface area contributed by atoms with Crippen LogP contribution in [-0.4, -0.2) is 30.0 Å². The Balaban J connectivity index is 1.38. The number of aromatic nitrogens is 2. The number of nitrogens with zero attached hydrogens (tertiary/aromatic N) is 3. The molecule has 3 aromatic rings. The Morgan fingerprint density at radius 1 is 0.808 bits per heavy atom. The number of benzene rings is 2. The van der Waals surface area contributed by atoms with E-state index in [0.717, 1.165) is 30.0 Å². The maximum absolute atomic E-state index is 5.44. The van der Waals surface area contributed by atoms with Crippen molar-refractivity contribution in [3.8, 4) is 34.3 Å². The fraction of sp³-hybridized carbons (Fsp3) is 0.300. The summed E-state index contributed by atoms with van der Waals surface area (Å²) in [6, 6.07) is 14.0. The lowest BCUT2D eigenvalue weighted by molar-refractivity contribution is 0.174. The highest BCUT2D eigenvalue weighted by atomic mass is 16.7. The van der Waals surface area contributed by atoms with Gasteiger partial charge in [-0.3, -0.25) is 0 Å². The van der Waals surface area contributed by atoms with E-state index in [1.807, 2.05) is 18.2 Å². The minimum Gasteiger partial charge on any atom is -0.454 e. The average molecular weight is 349 g/mol. The van der Waals surface area contributed by atoms with Gasteiger partial charge in [0.15, 0.2) is 11.5 Å². The monoisotopic (exact) mass is 349 g/mol. The summed E-state index contributed by atoms with van der Waals surface area (Å²) >= 11 is 0. The second-order valence-corrected chi connectivity index (χ2v) is 6.59. The zero-order valence-corrected chi connectivity index (χ0v) is 14.4. The van der Waals surface area contributed by atoms with Crippen molar-refractivity contribution in [2.75, 3.05) is 24.8 Å². The third-order valence-corrected chi connectivity index (χ3v) is 4.89. The molecule has 0 spiro atoms. The van der Waals surface area contributed by atoms with Crippen LogP contribution in [-0.2, 0) is 0 Å². The lowest BCUT2D eigenvalue weighted by atomic mass is 10.1. The summed E-state index contributed by atoms with van der Waals surface area (Å²) < 4.78 is 16.2. The van der Waals surface area contributed by atoms with E-state index in [-0.39, 0.29) is 6.79 Å². The van der Waals surface area contributed by atoms with Gasteiger partial charge in [-0.15, -0.1) is 0 Å². The number of piperidine rings is 1. The summed E-state index contributed by atoms with van der Waals surface area (Å²) in [5, 5.41) is 4.13. The lowest BCUT2D eigenvalue weighted by Gasteiger charge is -2.28. The van der Waals surface area contributed by atoms with Crippen LogP contribution in [0.1, 0.15) is 19.3 Å². The number of fused-ring (bicyclic) bond motifs is 1. The number of hydrogen-bond donors (Lipinski definition) is 0. The maximum atomic E-state index is 5.44. The molecule has 0 atom stereocenters. The molecule has 0 bridgehead atoms. The molecule has 0 radical (unpaired) electrons. The minimum absolute atomic E-state index is 0.247. The first-order chi connectivity index (χ1) is 12.9. The summed E-state index contributed by atoms with van der Waals surface area (Å²) in [4.78, 5) is 6.96. The van der Waals surface area contributed by atoms with Crippen molar-refractivity contribution in [3.63, 3.8) is 0 Å². The molecule has 1 aromatic heterocycles. The van der Waals surface area contributed by atoms with Crippen molar-refractivity contribution < 1.29 is 14.0 Å². The van der Waals surface area contributed by atoms with E-state index in [2.05, 4.69) is 39.3 Å². The molecule has 2 aliphatic heterocycles. The van der Waals surface area contributed by atoms with E-state index < -0.39 is 0 Å². The van der Waals surface area contributed by atoms with Crippen LogP contribution in [0, 0.1) is 0 Å². The summed E-state index contributed by atoms with van der Waals surface area (Å²) in [5.41, 5.74) is 3.02. The fourth-order valence-electron chi connectivity index (χ4n) is 3.46. The zero-order chi connectivity index (χ0) is 17.3. The van der Waals surface area contributed by atoms with Gasteiger partial charge in [0.25, 0.3) is 5.89 Å². The van der Waals surface area contributed by atoms with Gasteiger partial charge in [0.2, 0.25) is 12.6 Å². The Morgan fingerprint density at radius 2 is 1.58 bits per heavy atom. The second kappa shape index (κ2) is 6.37. The SMILES string of the molecule is c1cc(N2CCCCC2)ccc1-c1noc(-c2ccc3c(c2)OCO3)n1. The summed E-state index contributed by atoms with van der Waals surface area (Å²) in [6.07, 6.45) is 3.87. The highest BCUT2D eigenvalue weighted by molar-refractivity contribution is 5.65. The number of hydrogen-bond acceptors (Lipinski definition) is 6. The van der Waals surface area contributed by atoms with Crippen LogP contribution in [0.25, 0.3) is 22.8 Å². The van der Waals surface area contributed by atoms with Crippen LogP contribution in [0.5, 0.6) is 11.5 Å². The third kappa shape index (κ3) is 2.77. The standard InChI is InChI=1S/C20H19N3O3/c1-2-10-23(11-3-1)16-7-4-14(5-8-16)19-21-20(26-22-19)15-6-9-17-18(12-15)25-13-24-17/h4-9,12H,1-3,10-11,13H2. The van der Waals surface area contributed by atoms with Crippen LogP contribution in [0.3, 0.4) is 0 Å². The van der Waals surface area contributed by atoms with Crippen molar-refractivity contribution in [2.45, 2.75) is 19.3 Å². The fourth-order valence-corrected chi connectivity index (χ4v) is 3.46. The van der Waals surface area contributed by atoms with E-state index in [4.69, 9.17) is 14.0 Å². The van der Waals surface area contributed by atoms with Gasteiger partial charge in [-0.2, -0.15) is 4.98 Å². The summed E-state index contributed by atoms with van der Waals surface area (Å²) in [7, 11) is 0. The molecule has 2 aromatic carbocycles. The first kappa shape index (κ1) is 15.3. The molecule has 2 aliphatic rings. The van der Waals surface area contributed by atoms with Crippen molar-refractivity contribution >= 4 is 5.69 Å².